The standard InChI is InChI=1S/C16H16N2O4S2/c1-4-7-18-12-6-5-11(15(21)22-3)8-13(12)24-16(18)17-14(20)9-23-10(2)19/h4-6,8H,1,7,9H2,2-3H3. The van der Waals surface area contributed by atoms with Crippen LogP contribution in [-0.2, 0) is 20.9 Å². The summed E-state index contributed by atoms with van der Waals surface area (Å²) in [7, 11) is 1.32. The zero-order chi connectivity index (χ0) is 17.7. The van der Waals surface area contributed by atoms with Crippen LogP contribution in [0, 0.1) is 0 Å². The van der Waals surface area contributed by atoms with Gasteiger partial charge in [0.25, 0.3) is 5.91 Å². The molecule has 0 saturated heterocycles. The average molecular weight is 364 g/mol. The number of aromatic nitrogens is 1. The van der Waals surface area contributed by atoms with E-state index in [0.29, 0.717) is 16.9 Å². The van der Waals surface area contributed by atoms with E-state index < -0.39 is 5.97 Å². The number of hydrogen-bond acceptors (Lipinski definition) is 6. The lowest BCUT2D eigenvalue weighted by Gasteiger charge is -2.02. The van der Waals surface area contributed by atoms with E-state index in [9.17, 15) is 14.4 Å². The second-order valence-corrected chi connectivity index (χ2v) is 6.91. The van der Waals surface area contributed by atoms with Crippen molar-refractivity contribution in [3.05, 3.63) is 41.2 Å². The van der Waals surface area contributed by atoms with Crippen molar-refractivity contribution in [1.29, 1.82) is 0 Å². The van der Waals surface area contributed by atoms with Crippen LogP contribution in [0.2, 0.25) is 0 Å². The maximum absolute atomic E-state index is 11.9. The van der Waals surface area contributed by atoms with Crippen LogP contribution in [0.1, 0.15) is 17.3 Å². The molecular formula is C16H16N2O4S2. The Hall–Kier alpha value is -2.19. The fourth-order valence-electron chi connectivity index (χ4n) is 2.01. The molecule has 0 aliphatic carbocycles. The topological polar surface area (TPSA) is 77.7 Å². The molecule has 0 saturated carbocycles. The second kappa shape index (κ2) is 8.07. The molecule has 1 aromatic carbocycles. The molecule has 0 aliphatic heterocycles. The van der Waals surface area contributed by atoms with Gasteiger partial charge in [0, 0.05) is 13.5 Å². The number of amides is 1. The number of benzene rings is 1. The smallest absolute Gasteiger partial charge is 0.337 e. The van der Waals surface area contributed by atoms with Gasteiger partial charge in [-0.25, -0.2) is 4.79 Å². The Kier molecular flexibility index (Phi) is 6.10. The molecular weight excluding hydrogens is 348 g/mol. The number of fused-ring (bicyclic) bond motifs is 1. The second-order valence-electron chi connectivity index (χ2n) is 4.74. The van der Waals surface area contributed by atoms with Gasteiger partial charge in [0.15, 0.2) is 9.92 Å². The monoisotopic (exact) mass is 364 g/mol. The van der Waals surface area contributed by atoms with E-state index in [2.05, 4.69) is 11.6 Å². The van der Waals surface area contributed by atoms with Gasteiger partial charge in [0.1, 0.15) is 0 Å². The van der Waals surface area contributed by atoms with Crippen molar-refractivity contribution in [3.8, 4) is 0 Å². The van der Waals surface area contributed by atoms with E-state index in [1.807, 2.05) is 4.57 Å². The Morgan fingerprint density at radius 3 is 2.79 bits per heavy atom. The van der Waals surface area contributed by atoms with Crippen molar-refractivity contribution in [3.63, 3.8) is 0 Å². The van der Waals surface area contributed by atoms with Crippen molar-refractivity contribution in [2.45, 2.75) is 13.5 Å². The Morgan fingerprint density at radius 1 is 1.42 bits per heavy atom. The molecule has 0 bridgehead atoms. The molecule has 0 aliphatic rings. The summed E-state index contributed by atoms with van der Waals surface area (Å²) in [5.74, 6) is -0.800. The number of methoxy groups -OCH3 is 1. The molecule has 0 radical (unpaired) electrons. The zero-order valence-corrected chi connectivity index (χ0v) is 14.9. The van der Waals surface area contributed by atoms with Gasteiger partial charge in [0.2, 0.25) is 0 Å². The Morgan fingerprint density at radius 2 is 2.17 bits per heavy atom. The normalized spacial score (nSPS) is 11.5. The highest BCUT2D eigenvalue weighted by Gasteiger charge is 2.11. The SMILES string of the molecule is C=CCn1c(=NC(=O)CSC(C)=O)sc2cc(C(=O)OC)ccc21. The largest absolute Gasteiger partial charge is 0.465 e. The first kappa shape index (κ1) is 18.2. The van der Waals surface area contributed by atoms with E-state index in [-0.39, 0.29) is 16.8 Å². The summed E-state index contributed by atoms with van der Waals surface area (Å²) in [6.45, 7) is 5.60. The lowest BCUT2D eigenvalue weighted by atomic mass is 10.2. The predicted octanol–water partition coefficient (Wildman–Crippen LogP) is 2.38. The van der Waals surface area contributed by atoms with Gasteiger partial charge in [-0.05, 0) is 18.2 Å². The van der Waals surface area contributed by atoms with Crippen LogP contribution >= 0.6 is 23.1 Å². The summed E-state index contributed by atoms with van der Waals surface area (Å²) in [6, 6.07) is 5.16. The highest BCUT2D eigenvalue weighted by atomic mass is 32.2. The Labute approximate surface area is 146 Å². The van der Waals surface area contributed by atoms with Crippen molar-refractivity contribution in [2.75, 3.05) is 12.9 Å². The number of hydrogen-bond donors (Lipinski definition) is 0. The van der Waals surface area contributed by atoms with E-state index >= 15 is 0 Å². The molecule has 1 heterocycles. The Balaban J connectivity index is 2.50. The number of nitrogens with zero attached hydrogens (tertiary/aromatic N) is 2. The number of rotatable bonds is 5. The highest BCUT2D eigenvalue weighted by molar-refractivity contribution is 8.14. The first-order chi connectivity index (χ1) is 11.5. The number of esters is 1. The van der Waals surface area contributed by atoms with Gasteiger partial charge < -0.3 is 9.30 Å². The number of ether oxygens (including phenoxy) is 1. The van der Waals surface area contributed by atoms with Crippen LogP contribution < -0.4 is 4.80 Å². The van der Waals surface area contributed by atoms with Crippen LogP contribution in [0.3, 0.4) is 0 Å². The van der Waals surface area contributed by atoms with E-state index in [4.69, 9.17) is 4.74 Å². The first-order valence-corrected chi connectivity index (χ1v) is 8.80. The third-order valence-electron chi connectivity index (χ3n) is 3.03. The summed E-state index contributed by atoms with van der Waals surface area (Å²) >= 11 is 2.22. The molecule has 8 heteroatoms. The molecule has 1 amide bonds. The molecule has 6 nitrogen and oxygen atoms in total. The lowest BCUT2D eigenvalue weighted by Crippen LogP contribution is -2.17. The highest BCUT2D eigenvalue weighted by Crippen LogP contribution is 2.20. The molecule has 24 heavy (non-hydrogen) atoms. The molecule has 0 atom stereocenters. The first-order valence-electron chi connectivity index (χ1n) is 6.99. The van der Waals surface area contributed by atoms with Gasteiger partial charge in [-0.3, -0.25) is 9.59 Å². The molecule has 2 aromatic rings. The van der Waals surface area contributed by atoms with Crippen LogP contribution in [0.5, 0.6) is 0 Å². The average Bonchev–Trinajstić information content (AvgIpc) is 2.89. The molecule has 2 rings (SSSR count). The molecule has 0 unspecified atom stereocenters. The van der Waals surface area contributed by atoms with Crippen LogP contribution in [-0.4, -0.2) is 34.4 Å². The van der Waals surface area contributed by atoms with Crippen molar-refractivity contribution in [1.82, 2.24) is 4.57 Å². The van der Waals surface area contributed by atoms with Gasteiger partial charge in [-0.15, -0.1) is 6.58 Å². The quantitative estimate of drug-likeness (QED) is 0.601. The summed E-state index contributed by atoms with van der Waals surface area (Å²) in [5, 5.41) is -0.128. The van der Waals surface area contributed by atoms with E-state index in [0.717, 1.165) is 22.0 Å². The number of carbonyl (C=O) groups excluding carboxylic acids is 3. The van der Waals surface area contributed by atoms with E-state index in [1.54, 1.807) is 24.3 Å². The van der Waals surface area contributed by atoms with Crippen LogP contribution in [0.25, 0.3) is 10.2 Å². The maximum Gasteiger partial charge on any atom is 0.337 e. The van der Waals surface area contributed by atoms with Crippen molar-refractivity contribution < 1.29 is 19.1 Å². The number of thioether (sulfide) groups is 1. The molecule has 0 N–H and O–H groups in total. The van der Waals surface area contributed by atoms with Gasteiger partial charge in [0.05, 0.1) is 28.6 Å². The fourth-order valence-corrected chi connectivity index (χ4v) is 3.50. The minimum absolute atomic E-state index is 0.00504. The minimum atomic E-state index is -0.423. The summed E-state index contributed by atoms with van der Waals surface area (Å²) in [5.41, 5.74) is 1.28. The number of allylic oxidation sites excluding steroid dienone is 1. The Bertz CT molecular complexity index is 880. The third-order valence-corrected chi connectivity index (χ3v) is 4.87. The number of carbonyl (C=O) groups is 3. The summed E-state index contributed by atoms with van der Waals surface area (Å²) in [4.78, 5) is 39.1. The molecule has 0 spiro atoms. The molecule has 0 fully saturated rings. The summed E-state index contributed by atoms with van der Waals surface area (Å²) < 4.78 is 7.37. The van der Waals surface area contributed by atoms with Gasteiger partial charge >= 0.3 is 5.97 Å². The van der Waals surface area contributed by atoms with Gasteiger partial charge in [-0.1, -0.05) is 29.2 Å². The summed E-state index contributed by atoms with van der Waals surface area (Å²) in [6.07, 6.45) is 1.70. The number of thiazole rings is 1. The maximum atomic E-state index is 11.9. The molecule has 126 valence electrons. The van der Waals surface area contributed by atoms with Crippen LogP contribution in [0.4, 0.5) is 0 Å². The van der Waals surface area contributed by atoms with Crippen LogP contribution in [0.15, 0.2) is 35.8 Å². The van der Waals surface area contributed by atoms with Crippen molar-refractivity contribution >= 4 is 50.3 Å². The van der Waals surface area contributed by atoms with Crippen molar-refractivity contribution in [2.24, 2.45) is 4.99 Å². The lowest BCUT2D eigenvalue weighted by molar-refractivity contribution is -0.116. The molecule has 1 aromatic heterocycles. The predicted molar refractivity (Wildman–Crippen MR) is 95.1 cm³/mol. The third kappa shape index (κ3) is 4.21. The fraction of sp³-hybridized carbons (Fsp3) is 0.250. The minimum Gasteiger partial charge on any atom is -0.465 e. The van der Waals surface area contributed by atoms with E-state index in [1.165, 1.54) is 25.4 Å². The zero-order valence-electron chi connectivity index (χ0n) is 13.3. The van der Waals surface area contributed by atoms with Gasteiger partial charge in [-0.2, -0.15) is 4.99 Å².